The van der Waals surface area contributed by atoms with E-state index in [1.54, 1.807) is 18.7 Å². The van der Waals surface area contributed by atoms with Crippen molar-refractivity contribution in [2.24, 2.45) is 0 Å². The Kier molecular flexibility index (Phi) is 7.74. The van der Waals surface area contributed by atoms with Gasteiger partial charge in [-0.2, -0.15) is 11.8 Å². The van der Waals surface area contributed by atoms with Gasteiger partial charge in [0.1, 0.15) is 6.54 Å². The van der Waals surface area contributed by atoms with E-state index in [1.165, 1.54) is 5.56 Å². The summed E-state index contributed by atoms with van der Waals surface area (Å²) in [6.07, 6.45) is 0.941. The van der Waals surface area contributed by atoms with E-state index in [4.69, 9.17) is 4.74 Å². The molecule has 1 aromatic rings. The molecule has 0 bridgehead atoms. The number of rotatable bonds is 8. The molecule has 1 amide bonds. The molecule has 0 aromatic heterocycles. The van der Waals surface area contributed by atoms with E-state index >= 15 is 0 Å². The Morgan fingerprint density at radius 3 is 2.68 bits per heavy atom. The van der Waals surface area contributed by atoms with Crippen molar-refractivity contribution >= 4 is 23.6 Å². The number of esters is 1. The highest BCUT2D eigenvalue weighted by molar-refractivity contribution is 7.99. The van der Waals surface area contributed by atoms with Crippen LogP contribution in [0.4, 0.5) is 0 Å². The van der Waals surface area contributed by atoms with Crippen LogP contribution < -0.4 is 5.32 Å². The number of ether oxygens (including phenoxy) is 1. The van der Waals surface area contributed by atoms with Crippen LogP contribution >= 0.6 is 11.8 Å². The largest absolute Gasteiger partial charge is 0.465 e. The van der Waals surface area contributed by atoms with Gasteiger partial charge in [-0.3, -0.25) is 9.59 Å². The molecule has 0 aliphatic rings. The fourth-order valence-electron chi connectivity index (χ4n) is 1.43. The third kappa shape index (κ3) is 7.51. The lowest BCUT2D eigenvalue weighted by molar-refractivity contribution is -0.143. The maximum atomic E-state index is 11.4. The molecule has 0 spiro atoms. The third-order valence-corrected chi connectivity index (χ3v) is 3.31. The minimum absolute atomic E-state index is 0.0497. The van der Waals surface area contributed by atoms with Gasteiger partial charge in [0, 0.05) is 0 Å². The summed E-state index contributed by atoms with van der Waals surface area (Å²) in [7, 11) is 0. The SMILES string of the molecule is CCOC(=O)CNC(=O)CSCCc1ccccc1. The number of nitrogens with one attached hydrogen (secondary N) is 1. The Labute approximate surface area is 117 Å². The van der Waals surface area contributed by atoms with Gasteiger partial charge in [0.15, 0.2) is 0 Å². The third-order valence-electron chi connectivity index (χ3n) is 2.35. The summed E-state index contributed by atoms with van der Waals surface area (Å²) in [6.45, 7) is 2.02. The van der Waals surface area contributed by atoms with Gasteiger partial charge in [-0.05, 0) is 24.7 Å². The maximum absolute atomic E-state index is 11.4. The standard InChI is InChI=1S/C14H19NO3S/c1-2-18-14(17)10-15-13(16)11-19-9-8-12-6-4-3-5-7-12/h3-7H,2,8-11H2,1H3,(H,15,16). The molecule has 1 N–H and O–H groups in total. The number of hydrogen-bond donors (Lipinski definition) is 1. The molecule has 0 heterocycles. The number of carbonyl (C=O) groups is 2. The van der Waals surface area contributed by atoms with Crippen LogP contribution in [-0.4, -0.2) is 36.5 Å². The molecule has 1 rings (SSSR count). The number of carbonyl (C=O) groups excluding carboxylic acids is 2. The molecular formula is C14H19NO3S. The Balaban J connectivity index is 2.06. The topological polar surface area (TPSA) is 55.4 Å². The summed E-state index contributed by atoms with van der Waals surface area (Å²) in [6, 6.07) is 10.1. The first-order valence-corrected chi connectivity index (χ1v) is 7.42. The van der Waals surface area contributed by atoms with Gasteiger partial charge in [0.25, 0.3) is 0 Å². The molecule has 0 aliphatic carbocycles. The molecule has 19 heavy (non-hydrogen) atoms. The second kappa shape index (κ2) is 9.44. The lowest BCUT2D eigenvalue weighted by atomic mass is 10.2. The molecule has 5 heteroatoms. The number of hydrogen-bond acceptors (Lipinski definition) is 4. The minimum Gasteiger partial charge on any atom is -0.465 e. The summed E-state index contributed by atoms with van der Waals surface area (Å²) in [5.74, 6) is 0.722. The summed E-state index contributed by atoms with van der Waals surface area (Å²) in [4.78, 5) is 22.4. The van der Waals surface area contributed by atoms with Crippen LogP contribution in [0.1, 0.15) is 12.5 Å². The van der Waals surface area contributed by atoms with E-state index in [-0.39, 0.29) is 12.5 Å². The molecule has 0 unspecified atom stereocenters. The van der Waals surface area contributed by atoms with Crippen LogP contribution in [-0.2, 0) is 20.7 Å². The molecule has 104 valence electrons. The van der Waals surface area contributed by atoms with Gasteiger partial charge < -0.3 is 10.1 Å². The smallest absolute Gasteiger partial charge is 0.325 e. The zero-order valence-corrected chi connectivity index (χ0v) is 11.9. The van der Waals surface area contributed by atoms with Crippen molar-refractivity contribution in [3.05, 3.63) is 35.9 Å². The van der Waals surface area contributed by atoms with Crippen LogP contribution in [0.2, 0.25) is 0 Å². The zero-order chi connectivity index (χ0) is 13.9. The first kappa shape index (κ1) is 15.6. The van der Waals surface area contributed by atoms with Gasteiger partial charge in [-0.15, -0.1) is 0 Å². The fraction of sp³-hybridized carbons (Fsp3) is 0.429. The molecule has 0 saturated heterocycles. The first-order chi connectivity index (χ1) is 9.22. The highest BCUT2D eigenvalue weighted by Crippen LogP contribution is 2.06. The van der Waals surface area contributed by atoms with E-state index in [0.29, 0.717) is 12.4 Å². The molecule has 0 fully saturated rings. The highest BCUT2D eigenvalue weighted by Gasteiger charge is 2.05. The van der Waals surface area contributed by atoms with Crippen molar-refractivity contribution in [3.63, 3.8) is 0 Å². The molecule has 0 radical (unpaired) electrons. The summed E-state index contributed by atoms with van der Waals surface area (Å²) in [5, 5.41) is 2.53. The average Bonchev–Trinajstić information content (AvgIpc) is 2.43. The fourth-order valence-corrected chi connectivity index (χ4v) is 2.25. The van der Waals surface area contributed by atoms with Crippen molar-refractivity contribution in [2.45, 2.75) is 13.3 Å². The quantitative estimate of drug-likeness (QED) is 0.581. The van der Waals surface area contributed by atoms with Crippen LogP contribution in [0.25, 0.3) is 0 Å². The second-order valence-corrected chi connectivity index (χ2v) is 4.98. The number of benzene rings is 1. The van der Waals surface area contributed by atoms with E-state index < -0.39 is 5.97 Å². The van der Waals surface area contributed by atoms with E-state index in [2.05, 4.69) is 17.4 Å². The highest BCUT2D eigenvalue weighted by atomic mass is 32.2. The predicted molar refractivity (Wildman–Crippen MR) is 77.1 cm³/mol. The van der Waals surface area contributed by atoms with Crippen LogP contribution in [0.5, 0.6) is 0 Å². The molecule has 4 nitrogen and oxygen atoms in total. The van der Waals surface area contributed by atoms with Gasteiger partial charge in [-0.1, -0.05) is 30.3 Å². The minimum atomic E-state index is -0.398. The Morgan fingerprint density at radius 1 is 1.26 bits per heavy atom. The van der Waals surface area contributed by atoms with Crippen LogP contribution in [0.15, 0.2) is 30.3 Å². The van der Waals surface area contributed by atoms with E-state index in [9.17, 15) is 9.59 Å². The average molecular weight is 281 g/mol. The zero-order valence-electron chi connectivity index (χ0n) is 11.1. The maximum Gasteiger partial charge on any atom is 0.325 e. The van der Waals surface area contributed by atoms with Crippen LogP contribution in [0.3, 0.4) is 0 Å². The van der Waals surface area contributed by atoms with Crippen LogP contribution in [0, 0.1) is 0 Å². The molecule has 0 saturated carbocycles. The van der Waals surface area contributed by atoms with Gasteiger partial charge in [0.05, 0.1) is 12.4 Å². The molecule has 0 aliphatic heterocycles. The first-order valence-electron chi connectivity index (χ1n) is 6.26. The van der Waals surface area contributed by atoms with Gasteiger partial charge >= 0.3 is 5.97 Å². The predicted octanol–water partition coefficient (Wildman–Crippen LogP) is 1.64. The molecule has 1 aromatic carbocycles. The van der Waals surface area contributed by atoms with Crippen molar-refractivity contribution in [1.82, 2.24) is 5.32 Å². The van der Waals surface area contributed by atoms with E-state index in [1.807, 2.05) is 18.2 Å². The summed E-state index contributed by atoms with van der Waals surface area (Å²) >= 11 is 1.56. The van der Waals surface area contributed by atoms with Gasteiger partial charge in [0.2, 0.25) is 5.91 Å². The lowest BCUT2D eigenvalue weighted by Gasteiger charge is -2.05. The number of thioether (sulfide) groups is 1. The van der Waals surface area contributed by atoms with Crippen molar-refractivity contribution < 1.29 is 14.3 Å². The normalized spacial score (nSPS) is 9.95. The molecule has 0 atom stereocenters. The van der Waals surface area contributed by atoms with Crippen molar-refractivity contribution in [1.29, 1.82) is 0 Å². The number of aryl methyl sites for hydroxylation is 1. The van der Waals surface area contributed by atoms with E-state index in [0.717, 1.165) is 12.2 Å². The van der Waals surface area contributed by atoms with Crippen molar-refractivity contribution in [3.8, 4) is 0 Å². The monoisotopic (exact) mass is 281 g/mol. The Morgan fingerprint density at radius 2 is 2.00 bits per heavy atom. The Hall–Kier alpha value is -1.49. The van der Waals surface area contributed by atoms with Gasteiger partial charge in [-0.25, -0.2) is 0 Å². The van der Waals surface area contributed by atoms with Crippen molar-refractivity contribution in [2.75, 3.05) is 24.7 Å². The number of amides is 1. The summed E-state index contributed by atoms with van der Waals surface area (Å²) < 4.78 is 4.72. The second-order valence-electron chi connectivity index (χ2n) is 3.87. The molecular weight excluding hydrogens is 262 g/mol. The Bertz CT molecular complexity index is 395. The lowest BCUT2D eigenvalue weighted by Crippen LogP contribution is -2.31. The summed E-state index contributed by atoms with van der Waals surface area (Å²) in [5.41, 5.74) is 1.27.